The van der Waals surface area contributed by atoms with E-state index in [9.17, 15) is 0 Å². The van der Waals surface area contributed by atoms with E-state index >= 15 is 0 Å². The molecule has 0 aromatic heterocycles. The van der Waals surface area contributed by atoms with Gasteiger partial charge >= 0.3 is 0 Å². The average Bonchev–Trinajstić information content (AvgIpc) is 2.23. The van der Waals surface area contributed by atoms with Gasteiger partial charge in [0.15, 0.2) is 0 Å². The van der Waals surface area contributed by atoms with Crippen molar-refractivity contribution >= 4 is 0 Å². The summed E-state index contributed by atoms with van der Waals surface area (Å²) in [4.78, 5) is 0. The second-order valence-electron chi connectivity index (χ2n) is 2.45. The van der Waals surface area contributed by atoms with Crippen LogP contribution >= 0.6 is 0 Å². The molecule has 0 aliphatic heterocycles. The summed E-state index contributed by atoms with van der Waals surface area (Å²) in [5, 5.41) is 0. The lowest BCUT2D eigenvalue weighted by Gasteiger charge is -1.31. The van der Waals surface area contributed by atoms with Gasteiger partial charge in [0.05, 0.1) is 0 Å². The topological polar surface area (TPSA) is 0 Å². The van der Waals surface area contributed by atoms with Gasteiger partial charge in [0.25, 0.3) is 0 Å². The second-order valence-corrected chi connectivity index (χ2v) is 2.45. The number of hydrogen-bond donors (Lipinski definition) is 0. The highest BCUT2D eigenvalue weighted by Gasteiger charge is 1.16. The molecular weight excluding hydrogens is 330 g/mol. The minimum atomic E-state index is 0. The Morgan fingerprint density at radius 1 is 0.292 bits per heavy atom. The molecule has 0 aromatic rings. The van der Waals surface area contributed by atoms with Crippen LogP contribution in [-0.4, -0.2) is 0 Å². The number of allylic oxidation sites excluding steroid dienone is 6. The largest absolute Gasteiger partial charge is 0.269 e. The van der Waals surface area contributed by atoms with Crippen LogP contribution in [0.3, 0.4) is 0 Å². The zero-order valence-electron chi connectivity index (χ0n) is 16.2. The lowest BCUT2D eigenvalue weighted by atomic mass is 10.8. The van der Waals surface area contributed by atoms with Gasteiger partial charge in [-0.3, -0.25) is 28.2 Å². The van der Waals surface area contributed by atoms with Crippen LogP contribution in [0.2, 0.25) is 0 Å². The fraction of sp³-hybridized carbons (Fsp3) is 0.333. The summed E-state index contributed by atoms with van der Waals surface area (Å²) in [6.45, 7) is 31.5. The molecule has 0 bridgehead atoms. The summed E-state index contributed by atoms with van der Waals surface area (Å²) in [5.74, 6) is 0. The number of halogens is 6. The minimum Gasteiger partial charge on any atom is -0.269 e. The zero-order chi connectivity index (χ0) is 16.2. The molecule has 0 atom stereocenters. The quantitative estimate of drug-likeness (QED) is 0.298. The zero-order valence-corrected chi connectivity index (χ0v) is 16.2. The first kappa shape index (κ1) is 96.9. The van der Waals surface area contributed by atoms with Crippen LogP contribution in [0.5, 0.6) is 0 Å². The molecule has 0 unspecified atom stereocenters. The van der Waals surface area contributed by atoms with Crippen LogP contribution in [0.1, 0.15) is 41.5 Å². The monoisotopic (exact) mass is 372 g/mol. The summed E-state index contributed by atoms with van der Waals surface area (Å²) >= 11 is 0. The lowest BCUT2D eigenvalue weighted by Crippen LogP contribution is -1.07. The standard InChI is InChI=1S/6C3H6.6FH/c6*1-3-2;;;;;;/h6*3H,1H2,2H3;6*1H. The van der Waals surface area contributed by atoms with Gasteiger partial charge in [0.1, 0.15) is 0 Å². The Morgan fingerprint density at radius 3 is 0.292 bits per heavy atom. The molecule has 0 heterocycles. The van der Waals surface area contributed by atoms with E-state index in [1.165, 1.54) is 0 Å². The van der Waals surface area contributed by atoms with Gasteiger partial charge < -0.3 is 0 Å². The van der Waals surface area contributed by atoms with E-state index in [4.69, 9.17) is 0 Å². The van der Waals surface area contributed by atoms with Gasteiger partial charge in [-0.25, -0.2) is 0 Å². The third kappa shape index (κ3) is 1850. The van der Waals surface area contributed by atoms with Gasteiger partial charge in [-0.15, -0.1) is 39.5 Å². The van der Waals surface area contributed by atoms with Crippen molar-refractivity contribution in [1.82, 2.24) is 0 Å². The number of hydrogen-bond acceptors (Lipinski definition) is 0. The molecule has 6 heteroatoms. The van der Waals surface area contributed by atoms with E-state index in [1.807, 2.05) is 41.5 Å². The normalized spacial score (nSPS) is 3.25. The summed E-state index contributed by atoms with van der Waals surface area (Å²) in [6.07, 6.45) is 10.5. The van der Waals surface area contributed by atoms with Crippen molar-refractivity contribution in [2.75, 3.05) is 0 Å². The van der Waals surface area contributed by atoms with Gasteiger partial charge in [-0.2, -0.15) is 0 Å². The predicted octanol–water partition coefficient (Wildman–Crippen LogP) is 8.07. The fourth-order valence-corrected chi connectivity index (χ4v) is 0. The molecule has 0 saturated heterocycles. The van der Waals surface area contributed by atoms with Crippen molar-refractivity contribution in [2.45, 2.75) is 41.5 Å². The molecule has 0 rings (SSSR count). The average molecular weight is 373 g/mol. The van der Waals surface area contributed by atoms with Crippen LogP contribution in [0.4, 0.5) is 28.2 Å². The first-order valence-corrected chi connectivity index (χ1v) is 5.91. The van der Waals surface area contributed by atoms with Crippen LogP contribution in [0.25, 0.3) is 0 Å². The summed E-state index contributed by atoms with van der Waals surface area (Å²) in [7, 11) is 0. The highest BCUT2D eigenvalue weighted by atomic mass is 19.0. The van der Waals surface area contributed by atoms with Gasteiger partial charge in [-0.05, 0) is 41.5 Å². The summed E-state index contributed by atoms with van der Waals surface area (Å²) in [6, 6.07) is 0. The Hall–Kier alpha value is -1.98. The third-order valence-corrected chi connectivity index (χ3v) is 0. The maximum Gasteiger partial charge on any atom is -0.0473 e. The molecule has 156 valence electrons. The van der Waals surface area contributed by atoms with E-state index in [0.717, 1.165) is 0 Å². The Bertz CT molecular complexity index is 111. The summed E-state index contributed by atoms with van der Waals surface area (Å²) in [5.41, 5.74) is 0. The van der Waals surface area contributed by atoms with Gasteiger partial charge in [-0.1, -0.05) is 36.5 Å². The Kier molecular flexibility index (Phi) is 2100. The van der Waals surface area contributed by atoms with Crippen molar-refractivity contribution in [1.29, 1.82) is 0 Å². The first-order valence-electron chi connectivity index (χ1n) is 5.91. The van der Waals surface area contributed by atoms with Crippen molar-refractivity contribution in [3.05, 3.63) is 75.9 Å². The maximum absolute atomic E-state index is 3.36. The van der Waals surface area contributed by atoms with Gasteiger partial charge in [0.2, 0.25) is 0 Å². The maximum atomic E-state index is 3.36. The SMILES string of the molecule is C=CC.C=CC.C=CC.C=CC.C=CC.C=CC.F.F.F.F.F.F. The Morgan fingerprint density at radius 2 is 0.292 bits per heavy atom. The molecule has 0 N–H and O–H groups in total. The Labute approximate surface area is 146 Å². The van der Waals surface area contributed by atoms with Gasteiger partial charge in [0, 0.05) is 0 Å². The first-order chi connectivity index (χ1) is 8.49. The number of rotatable bonds is 0. The molecule has 0 saturated carbocycles. The van der Waals surface area contributed by atoms with Crippen molar-refractivity contribution in [3.63, 3.8) is 0 Å². The lowest BCUT2D eigenvalue weighted by molar-refractivity contribution is 1.11. The fourth-order valence-electron chi connectivity index (χ4n) is 0. The molecule has 24 heavy (non-hydrogen) atoms. The van der Waals surface area contributed by atoms with Crippen LogP contribution < -0.4 is 0 Å². The van der Waals surface area contributed by atoms with E-state index < -0.39 is 0 Å². The highest BCUT2D eigenvalue weighted by molar-refractivity contribution is 4.53. The van der Waals surface area contributed by atoms with Crippen LogP contribution in [0, 0.1) is 0 Å². The highest BCUT2D eigenvalue weighted by Crippen LogP contribution is 1.39. The third-order valence-electron chi connectivity index (χ3n) is 0. The molecule has 0 radical (unpaired) electrons. The molecule has 0 spiro atoms. The molecule has 0 aromatic carbocycles. The molecule has 0 aliphatic rings. The molecule has 0 aliphatic carbocycles. The van der Waals surface area contributed by atoms with E-state index in [0.29, 0.717) is 0 Å². The minimum absolute atomic E-state index is 0. The molecule has 0 nitrogen and oxygen atoms in total. The van der Waals surface area contributed by atoms with Crippen molar-refractivity contribution in [3.8, 4) is 0 Å². The van der Waals surface area contributed by atoms with Crippen LogP contribution in [0.15, 0.2) is 75.9 Å². The smallest absolute Gasteiger partial charge is 0.0473 e. The van der Waals surface area contributed by atoms with E-state index in [1.54, 1.807) is 36.5 Å². The molecular formula is C18H42F6. The van der Waals surface area contributed by atoms with Crippen LogP contribution in [-0.2, 0) is 0 Å². The van der Waals surface area contributed by atoms with E-state index in [2.05, 4.69) is 39.5 Å². The van der Waals surface area contributed by atoms with E-state index in [-0.39, 0.29) is 28.2 Å². The Balaban J connectivity index is -0.00000000686. The molecule has 0 amide bonds. The van der Waals surface area contributed by atoms with Crippen molar-refractivity contribution in [2.24, 2.45) is 0 Å². The van der Waals surface area contributed by atoms with Crippen molar-refractivity contribution < 1.29 is 28.2 Å². The molecule has 0 fully saturated rings. The predicted molar refractivity (Wildman–Crippen MR) is 110 cm³/mol. The second kappa shape index (κ2) is 521. The summed E-state index contributed by atoms with van der Waals surface area (Å²) < 4.78 is 0.